The molecule has 0 N–H and O–H groups in total. The van der Waals surface area contributed by atoms with Gasteiger partial charge in [-0.25, -0.2) is 0 Å². The third-order valence-corrected chi connectivity index (χ3v) is 12.5. The van der Waals surface area contributed by atoms with E-state index < -0.39 is 0 Å². The smallest absolute Gasteiger partial charge is 0.159 e. The zero-order valence-corrected chi connectivity index (χ0v) is 33.4. The summed E-state index contributed by atoms with van der Waals surface area (Å²) in [6.45, 7) is 0. The Morgan fingerprint density at radius 2 is 0.871 bits per heavy atom. The van der Waals surface area contributed by atoms with Crippen molar-refractivity contribution >= 4 is 93.7 Å². The SMILES string of the molecule is c1ccc(-c2ccc(N(c3cc4oc5ccc6ccccc6c5c4cc3-c3ccc(-c4cccc5c4oc4ccccc45)cc3)c3cccc4c3oc3ccccc34)cc2)cc1. The van der Waals surface area contributed by atoms with Crippen molar-refractivity contribution in [2.24, 2.45) is 0 Å². The molecule has 0 atom stereocenters. The molecule has 62 heavy (non-hydrogen) atoms. The van der Waals surface area contributed by atoms with Crippen LogP contribution in [0.2, 0.25) is 0 Å². The monoisotopic (exact) mass is 793 g/mol. The Balaban J connectivity index is 1.07. The highest BCUT2D eigenvalue weighted by molar-refractivity contribution is 6.21. The van der Waals surface area contributed by atoms with Crippen molar-refractivity contribution in [2.75, 3.05) is 4.90 Å². The second kappa shape index (κ2) is 13.6. The molecule has 13 rings (SSSR count). The summed E-state index contributed by atoms with van der Waals surface area (Å²) < 4.78 is 20.1. The molecule has 0 saturated carbocycles. The molecule has 10 aromatic carbocycles. The summed E-state index contributed by atoms with van der Waals surface area (Å²) in [5, 5.41) is 8.89. The van der Waals surface area contributed by atoms with Crippen LogP contribution >= 0.6 is 0 Å². The van der Waals surface area contributed by atoms with Crippen LogP contribution in [0.25, 0.3) is 110 Å². The summed E-state index contributed by atoms with van der Waals surface area (Å²) >= 11 is 0. The first-order valence-electron chi connectivity index (χ1n) is 21.0. The first-order chi connectivity index (χ1) is 30.7. The van der Waals surface area contributed by atoms with Gasteiger partial charge in [-0.1, -0.05) is 164 Å². The molecular formula is C58H35NO3. The Labute approximate surface area is 356 Å². The highest BCUT2D eigenvalue weighted by Crippen LogP contribution is 2.49. The maximum absolute atomic E-state index is 6.81. The van der Waals surface area contributed by atoms with Crippen molar-refractivity contribution in [3.8, 4) is 33.4 Å². The van der Waals surface area contributed by atoms with Crippen LogP contribution in [-0.4, -0.2) is 0 Å². The largest absolute Gasteiger partial charge is 0.456 e. The topological polar surface area (TPSA) is 42.7 Å². The molecule has 0 fully saturated rings. The second-order valence-electron chi connectivity index (χ2n) is 16.0. The summed E-state index contributed by atoms with van der Waals surface area (Å²) in [5.41, 5.74) is 14.6. The molecule has 0 saturated heterocycles. The zero-order chi connectivity index (χ0) is 40.7. The minimum atomic E-state index is 0.811. The maximum atomic E-state index is 6.81. The highest BCUT2D eigenvalue weighted by Gasteiger charge is 2.25. The number of furan rings is 3. The van der Waals surface area contributed by atoms with Crippen LogP contribution in [-0.2, 0) is 0 Å². The van der Waals surface area contributed by atoms with Crippen molar-refractivity contribution in [1.29, 1.82) is 0 Å². The minimum absolute atomic E-state index is 0.811. The lowest BCUT2D eigenvalue weighted by molar-refractivity contribution is 0.667. The second-order valence-corrected chi connectivity index (χ2v) is 16.0. The van der Waals surface area contributed by atoms with Crippen LogP contribution in [0.5, 0.6) is 0 Å². The Morgan fingerprint density at radius 1 is 0.290 bits per heavy atom. The van der Waals surface area contributed by atoms with Gasteiger partial charge >= 0.3 is 0 Å². The molecule has 0 radical (unpaired) electrons. The Hall–Kier alpha value is -8.34. The predicted molar refractivity (Wildman–Crippen MR) is 257 cm³/mol. The first-order valence-corrected chi connectivity index (χ1v) is 21.0. The fourth-order valence-electron chi connectivity index (χ4n) is 9.55. The highest BCUT2D eigenvalue weighted by atomic mass is 16.3. The van der Waals surface area contributed by atoms with Gasteiger partial charge in [-0.3, -0.25) is 0 Å². The van der Waals surface area contributed by atoms with Gasteiger partial charge in [0.05, 0.1) is 11.4 Å². The van der Waals surface area contributed by atoms with E-state index >= 15 is 0 Å². The Morgan fingerprint density at radius 3 is 1.63 bits per heavy atom. The molecule has 0 spiro atoms. The first kappa shape index (κ1) is 34.5. The van der Waals surface area contributed by atoms with Crippen molar-refractivity contribution in [1.82, 2.24) is 0 Å². The van der Waals surface area contributed by atoms with Crippen molar-refractivity contribution in [3.63, 3.8) is 0 Å². The zero-order valence-electron chi connectivity index (χ0n) is 33.4. The lowest BCUT2D eigenvalue weighted by Gasteiger charge is -2.28. The molecule has 0 unspecified atom stereocenters. The lowest BCUT2D eigenvalue weighted by atomic mass is 9.95. The number of rotatable bonds is 6. The molecule has 0 aliphatic rings. The molecule has 0 aliphatic carbocycles. The number of para-hydroxylation sites is 4. The number of fused-ring (bicyclic) bond motifs is 11. The van der Waals surface area contributed by atoms with Gasteiger partial charge in [0.25, 0.3) is 0 Å². The number of anilines is 3. The summed E-state index contributed by atoms with van der Waals surface area (Å²) in [5.74, 6) is 0. The minimum Gasteiger partial charge on any atom is -0.456 e. The molecular weight excluding hydrogens is 759 g/mol. The molecule has 13 aromatic rings. The predicted octanol–water partition coefficient (Wildman–Crippen LogP) is 17.0. The fourth-order valence-corrected chi connectivity index (χ4v) is 9.55. The lowest BCUT2D eigenvalue weighted by Crippen LogP contribution is -2.11. The van der Waals surface area contributed by atoms with Gasteiger partial charge in [0.2, 0.25) is 0 Å². The standard InChI is InChI=1S/C58H35NO3/c1-2-12-36(13-3-1)37-28-31-41(32-29-37)59(50-21-11-20-47-45-17-7-9-23-53(45)62-58(47)50)51-35-55-49(56-42-15-5-4-14-38(42)30-33-54(56)60-55)34-48(51)40-26-24-39(25-27-40)43-18-10-19-46-44-16-6-8-22-52(44)61-57(43)46/h1-35H. The normalized spacial score (nSPS) is 11.9. The van der Waals surface area contributed by atoms with Gasteiger partial charge in [-0.2, -0.15) is 0 Å². The molecule has 0 amide bonds. The van der Waals surface area contributed by atoms with Crippen molar-refractivity contribution in [3.05, 3.63) is 212 Å². The van der Waals surface area contributed by atoms with Gasteiger partial charge in [0, 0.05) is 55.2 Å². The van der Waals surface area contributed by atoms with E-state index in [0.29, 0.717) is 0 Å². The van der Waals surface area contributed by atoms with E-state index in [4.69, 9.17) is 13.3 Å². The number of hydrogen-bond donors (Lipinski definition) is 0. The summed E-state index contributed by atoms with van der Waals surface area (Å²) in [6, 6.07) is 74.9. The van der Waals surface area contributed by atoms with E-state index in [1.54, 1.807) is 0 Å². The van der Waals surface area contributed by atoms with Crippen LogP contribution in [0.15, 0.2) is 226 Å². The average Bonchev–Trinajstić information content (AvgIpc) is 4.04. The van der Waals surface area contributed by atoms with Crippen LogP contribution in [0.3, 0.4) is 0 Å². The van der Waals surface area contributed by atoms with Gasteiger partial charge < -0.3 is 18.2 Å². The Kier molecular flexibility index (Phi) is 7.57. The van der Waals surface area contributed by atoms with Crippen molar-refractivity contribution in [2.45, 2.75) is 0 Å². The van der Waals surface area contributed by atoms with Crippen LogP contribution in [0.1, 0.15) is 0 Å². The fraction of sp³-hybridized carbons (Fsp3) is 0. The van der Waals surface area contributed by atoms with E-state index in [1.807, 2.05) is 24.3 Å². The number of nitrogens with zero attached hydrogens (tertiary/aromatic N) is 1. The molecule has 4 heteroatoms. The van der Waals surface area contributed by atoms with Crippen molar-refractivity contribution < 1.29 is 13.3 Å². The van der Waals surface area contributed by atoms with Crippen LogP contribution < -0.4 is 4.90 Å². The third kappa shape index (κ3) is 5.33. The maximum Gasteiger partial charge on any atom is 0.159 e. The molecule has 0 aliphatic heterocycles. The molecule has 3 heterocycles. The molecule has 290 valence electrons. The van der Waals surface area contributed by atoms with Gasteiger partial charge in [-0.05, 0) is 75.5 Å². The molecule has 0 bridgehead atoms. The summed E-state index contributed by atoms with van der Waals surface area (Å²) in [6.07, 6.45) is 0. The van der Waals surface area contributed by atoms with Gasteiger partial charge in [0.15, 0.2) is 5.58 Å². The van der Waals surface area contributed by atoms with Gasteiger partial charge in [-0.15, -0.1) is 0 Å². The Bertz CT molecular complexity index is 3850. The van der Waals surface area contributed by atoms with E-state index in [0.717, 1.165) is 116 Å². The summed E-state index contributed by atoms with van der Waals surface area (Å²) in [7, 11) is 0. The summed E-state index contributed by atoms with van der Waals surface area (Å²) in [4.78, 5) is 2.34. The number of benzene rings is 10. The van der Waals surface area contributed by atoms with Gasteiger partial charge in [0.1, 0.15) is 27.9 Å². The van der Waals surface area contributed by atoms with E-state index in [2.05, 4.69) is 193 Å². The number of hydrogen-bond acceptors (Lipinski definition) is 4. The third-order valence-electron chi connectivity index (χ3n) is 12.5. The van der Waals surface area contributed by atoms with Crippen LogP contribution in [0, 0.1) is 0 Å². The van der Waals surface area contributed by atoms with E-state index in [9.17, 15) is 0 Å². The molecule has 3 aromatic heterocycles. The van der Waals surface area contributed by atoms with E-state index in [-0.39, 0.29) is 0 Å². The van der Waals surface area contributed by atoms with Crippen LogP contribution in [0.4, 0.5) is 17.1 Å². The van der Waals surface area contributed by atoms with E-state index in [1.165, 1.54) is 10.9 Å². The molecule has 4 nitrogen and oxygen atoms in total. The quantitative estimate of drug-likeness (QED) is 0.168. The average molecular weight is 794 g/mol.